The van der Waals surface area contributed by atoms with Crippen molar-refractivity contribution in [2.75, 3.05) is 13.1 Å². The van der Waals surface area contributed by atoms with E-state index in [2.05, 4.69) is 46.4 Å². The van der Waals surface area contributed by atoms with Gasteiger partial charge in [0.15, 0.2) is 5.88 Å². The number of hydrogen-bond donors (Lipinski definition) is 3. The minimum atomic E-state index is -0.127. The maximum Gasteiger partial charge on any atom is 0.251 e. The third-order valence-corrected chi connectivity index (χ3v) is 7.97. The van der Waals surface area contributed by atoms with Crippen molar-refractivity contribution in [3.63, 3.8) is 0 Å². The van der Waals surface area contributed by atoms with E-state index in [0.717, 1.165) is 53.7 Å². The average Bonchev–Trinajstić information content (AvgIpc) is 3.58. The summed E-state index contributed by atoms with van der Waals surface area (Å²) in [6, 6.07) is 24.0. The van der Waals surface area contributed by atoms with Gasteiger partial charge in [-0.15, -0.1) is 0 Å². The summed E-state index contributed by atoms with van der Waals surface area (Å²) < 4.78 is 0. The average molecular weight is 521 g/mol. The smallest absolute Gasteiger partial charge is 0.251 e. The Bertz CT molecular complexity index is 1480. The molecule has 3 N–H and O–H groups in total. The van der Waals surface area contributed by atoms with Gasteiger partial charge in [-0.1, -0.05) is 49.4 Å². The lowest BCUT2D eigenvalue weighted by Gasteiger charge is -2.17. The van der Waals surface area contributed by atoms with Crippen LogP contribution in [0.2, 0.25) is 0 Å². The number of amides is 1. The van der Waals surface area contributed by atoms with Gasteiger partial charge in [0.1, 0.15) is 0 Å². The first-order chi connectivity index (χ1) is 19.1. The number of nitrogens with one attached hydrogen (secondary N) is 2. The Kier molecular flexibility index (Phi) is 7.20. The molecule has 1 aliphatic heterocycles. The van der Waals surface area contributed by atoms with Crippen LogP contribution < -0.4 is 5.32 Å². The van der Waals surface area contributed by atoms with E-state index in [0.29, 0.717) is 17.0 Å². The van der Waals surface area contributed by atoms with Crippen molar-refractivity contribution in [1.29, 1.82) is 0 Å². The number of aromatic hydroxyl groups is 1. The molecule has 1 atom stereocenters. The quantitative estimate of drug-likeness (QED) is 0.210. The Morgan fingerprint density at radius 2 is 1.79 bits per heavy atom. The first-order valence-corrected chi connectivity index (χ1v) is 14.2. The van der Waals surface area contributed by atoms with Gasteiger partial charge >= 0.3 is 0 Å². The number of benzene rings is 3. The van der Waals surface area contributed by atoms with Gasteiger partial charge in [-0.05, 0) is 86.7 Å². The van der Waals surface area contributed by atoms with Crippen LogP contribution in [0.4, 0.5) is 5.69 Å². The number of aliphatic imine (C=N–C) groups is 1. The van der Waals surface area contributed by atoms with Gasteiger partial charge in [0.05, 0.1) is 23.0 Å². The Labute approximate surface area is 229 Å². The number of H-pyrrole nitrogens is 1. The molecule has 2 fully saturated rings. The lowest BCUT2D eigenvalue weighted by Crippen LogP contribution is -2.28. The lowest BCUT2D eigenvalue weighted by atomic mass is 10.0. The molecule has 4 aromatic rings. The van der Waals surface area contributed by atoms with Crippen LogP contribution in [0, 0.1) is 5.92 Å². The van der Waals surface area contributed by atoms with Crippen molar-refractivity contribution in [3.8, 4) is 5.88 Å². The number of aromatic amines is 1. The summed E-state index contributed by atoms with van der Waals surface area (Å²) >= 11 is 0. The molecule has 39 heavy (non-hydrogen) atoms. The van der Waals surface area contributed by atoms with Crippen LogP contribution in [0.15, 0.2) is 77.8 Å². The van der Waals surface area contributed by atoms with Crippen LogP contribution in [0.25, 0.3) is 10.9 Å². The number of fused-ring (bicyclic) bond motifs is 1. The van der Waals surface area contributed by atoms with Gasteiger partial charge in [0, 0.05) is 28.9 Å². The summed E-state index contributed by atoms with van der Waals surface area (Å²) in [7, 11) is 0. The van der Waals surface area contributed by atoms with Crippen molar-refractivity contribution in [1.82, 2.24) is 15.2 Å². The molecule has 1 aliphatic carbocycles. The van der Waals surface area contributed by atoms with E-state index in [1.807, 2.05) is 48.5 Å². The molecule has 200 valence electrons. The van der Waals surface area contributed by atoms with E-state index in [1.165, 1.54) is 31.5 Å². The fraction of sp³-hybridized carbons (Fsp3) is 0.333. The fourth-order valence-electron chi connectivity index (χ4n) is 5.65. The van der Waals surface area contributed by atoms with E-state index in [1.54, 1.807) is 0 Å². The lowest BCUT2D eigenvalue weighted by molar-refractivity contribution is 0.0935. The zero-order valence-electron chi connectivity index (χ0n) is 22.5. The zero-order chi connectivity index (χ0) is 26.8. The van der Waals surface area contributed by atoms with Crippen molar-refractivity contribution in [2.24, 2.45) is 10.9 Å². The second-order valence-electron chi connectivity index (χ2n) is 10.9. The molecule has 1 saturated carbocycles. The van der Waals surface area contributed by atoms with E-state index in [4.69, 9.17) is 4.99 Å². The minimum absolute atomic E-state index is 0.0643. The Hall–Kier alpha value is -3.90. The first kappa shape index (κ1) is 25.4. The summed E-state index contributed by atoms with van der Waals surface area (Å²) in [6.45, 7) is 5.41. The van der Waals surface area contributed by atoms with E-state index in [9.17, 15) is 9.90 Å². The monoisotopic (exact) mass is 520 g/mol. The van der Waals surface area contributed by atoms with Crippen molar-refractivity contribution >= 4 is 28.2 Å². The predicted molar refractivity (Wildman–Crippen MR) is 157 cm³/mol. The molecule has 1 aromatic heterocycles. The number of likely N-dealkylation sites (tertiary alicyclic amines) is 1. The number of aromatic nitrogens is 1. The van der Waals surface area contributed by atoms with Crippen molar-refractivity contribution < 1.29 is 9.90 Å². The summed E-state index contributed by atoms with van der Waals surface area (Å²) in [5, 5.41) is 15.0. The summed E-state index contributed by atoms with van der Waals surface area (Å²) in [5.41, 5.74) is 6.23. The third-order valence-electron chi connectivity index (χ3n) is 7.97. The predicted octanol–water partition coefficient (Wildman–Crippen LogP) is 6.88. The molecule has 1 saturated heterocycles. The Balaban J connectivity index is 1.28. The number of carbonyl (C=O) groups is 1. The molecule has 2 aliphatic rings. The highest BCUT2D eigenvalue weighted by Crippen LogP contribution is 2.40. The highest BCUT2D eigenvalue weighted by Gasteiger charge is 2.32. The first-order valence-electron chi connectivity index (χ1n) is 14.2. The number of nitrogens with zero attached hydrogens (tertiary/aromatic N) is 2. The van der Waals surface area contributed by atoms with E-state index < -0.39 is 0 Å². The number of rotatable bonds is 9. The molecular weight excluding hydrogens is 484 g/mol. The maximum absolute atomic E-state index is 13.3. The Morgan fingerprint density at radius 1 is 1.05 bits per heavy atom. The second-order valence-corrected chi connectivity index (χ2v) is 10.9. The summed E-state index contributed by atoms with van der Waals surface area (Å²) in [6.07, 6.45) is 5.47. The summed E-state index contributed by atoms with van der Waals surface area (Å²) in [4.78, 5) is 23.9. The van der Waals surface area contributed by atoms with Crippen LogP contribution in [0.5, 0.6) is 5.88 Å². The molecule has 0 spiro atoms. The fourth-order valence-corrected chi connectivity index (χ4v) is 5.65. The maximum atomic E-state index is 13.3. The van der Waals surface area contributed by atoms with E-state index in [-0.39, 0.29) is 17.8 Å². The van der Waals surface area contributed by atoms with Crippen LogP contribution in [-0.2, 0) is 6.54 Å². The second kappa shape index (κ2) is 11.1. The largest absolute Gasteiger partial charge is 0.494 e. The molecule has 0 bridgehead atoms. The Morgan fingerprint density at radius 3 is 2.49 bits per heavy atom. The standard InChI is InChI=1S/C33H36N4O2/c1-2-28(23-8-4-3-5-9-23)35-32(38)25-14-17-29-27(20-25)30(33(39)36-29)31(24-12-13-24)34-26-15-10-22(11-16-26)21-37-18-6-7-19-37/h3-5,8-11,14-17,20,24,28,36,39H,2,6-7,12-13,18-19,21H2,1H3,(H,35,38)/t28-/m1/s1. The number of carbonyl (C=O) groups excluding carboxylic acids is 1. The minimum Gasteiger partial charge on any atom is -0.494 e. The van der Waals surface area contributed by atoms with Crippen LogP contribution in [0.1, 0.15) is 72.1 Å². The number of hydrogen-bond acceptors (Lipinski definition) is 4. The molecule has 0 unspecified atom stereocenters. The van der Waals surface area contributed by atoms with E-state index >= 15 is 0 Å². The SMILES string of the molecule is CC[C@@H](NC(=O)c1ccc2[nH]c(O)c(C(=Nc3ccc(CN4CCCC4)cc3)C3CC3)c2c1)c1ccccc1. The summed E-state index contributed by atoms with van der Waals surface area (Å²) in [5.74, 6) is 0.284. The molecule has 6 rings (SSSR count). The highest BCUT2D eigenvalue weighted by molar-refractivity contribution is 6.16. The molecular formula is C33H36N4O2. The molecule has 0 radical (unpaired) electrons. The highest BCUT2D eigenvalue weighted by atomic mass is 16.3. The zero-order valence-corrected chi connectivity index (χ0v) is 22.5. The third kappa shape index (κ3) is 5.62. The van der Waals surface area contributed by atoms with Gasteiger partial charge < -0.3 is 15.4 Å². The van der Waals surface area contributed by atoms with Crippen molar-refractivity contribution in [3.05, 3.63) is 95.1 Å². The van der Waals surface area contributed by atoms with Gasteiger partial charge in [-0.3, -0.25) is 14.7 Å². The molecule has 3 aromatic carbocycles. The van der Waals surface area contributed by atoms with Crippen LogP contribution >= 0.6 is 0 Å². The van der Waals surface area contributed by atoms with Crippen LogP contribution in [0.3, 0.4) is 0 Å². The normalized spacial score (nSPS) is 17.0. The van der Waals surface area contributed by atoms with Gasteiger partial charge in [0.2, 0.25) is 0 Å². The molecule has 6 nitrogen and oxygen atoms in total. The topological polar surface area (TPSA) is 80.7 Å². The molecule has 6 heteroatoms. The molecule has 1 amide bonds. The van der Waals surface area contributed by atoms with Crippen LogP contribution in [-0.4, -0.2) is 39.7 Å². The van der Waals surface area contributed by atoms with Crippen molar-refractivity contribution in [2.45, 2.75) is 51.6 Å². The van der Waals surface area contributed by atoms with Gasteiger partial charge in [-0.2, -0.15) is 0 Å². The molecule has 2 heterocycles. The van der Waals surface area contributed by atoms with Gasteiger partial charge in [0.25, 0.3) is 5.91 Å². The van der Waals surface area contributed by atoms with Gasteiger partial charge in [-0.25, -0.2) is 0 Å².